The predicted octanol–water partition coefficient (Wildman–Crippen LogP) is 2.28. The van der Waals surface area contributed by atoms with Gasteiger partial charge in [0.05, 0.1) is 16.5 Å². The number of nitrogens with zero attached hydrogens (tertiary/aromatic N) is 1. The first-order valence-electron chi connectivity index (χ1n) is 3.69. The van der Waals surface area contributed by atoms with Crippen LogP contribution in [0.5, 0.6) is 0 Å². The highest BCUT2D eigenvalue weighted by Gasteiger charge is 2.27. The van der Waals surface area contributed by atoms with Gasteiger partial charge in [0.15, 0.2) is 0 Å². The van der Waals surface area contributed by atoms with Gasteiger partial charge in [0, 0.05) is 0 Å². The van der Waals surface area contributed by atoms with Crippen molar-refractivity contribution in [2.45, 2.75) is 0 Å². The van der Waals surface area contributed by atoms with E-state index in [1.807, 2.05) is 0 Å². The number of halogens is 2. The molecule has 0 heterocycles. The van der Waals surface area contributed by atoms with Crippen LogP contribution in [0, 0.1) is 15.9 Å². The van der Waals surface area contributed by atoms with Gasteiger partial charge in [-0.1, -0.05) is 0 Å². The number of rotatable bonds is 2. The van der Waals surface area contributed by atoms with Gasteiger partial charge in [0.1, 0.15) is 5.56 Å². The number of hydrogen-bond donors (Lipinski definition) is 0. The van der Waals surface area contributed by atoms with Gasteiger partial charge < -0.3 is 4.74 Å². The first kappa shape index (κ1) is 11.6. The molecular weight excluding hydrogens is 273 g/mol. The summed E-state index contributed by atoms with van der Waals surface area (Å²) in [4.78, 5) is 20.7. The lowest BCUT2D eigenvalue weighted by Gasteiger charge is -2.02. The number of benzene rings is 1. The molecule has 0 saturated carbocycles. The van der Waals surface area contributed by atoms with E-state index < -0.39 is 28.0 Å². The normalized spacial score (nSPS) is 9.80. The Morgan fingerprint density at radius 3 is 2.67 bits per heavy atom. The molecule has 0 atom stereocenters. The van der Waals surface area contributed by atoms with Crippen LogP contribution in [0.25, 0.3) is 0 Å². The Labute approximate surface area is 92.1 Å². The Balaban J connectivity index is 3.46. The van der Waals surface area contributed by atoms with Crippen LogP contribution in [0.3, 0.4) is 0 Å². The van der Waals surface area contributed by atoms with Crippen LogP contribution >= 0.6 is 15.9 Å². The molecule has 0 aliphatic rings. The minimum absolute atomic E-state index is 0.0816. The highest BCUT2D eigenvalue weighted by atomic mass is 79.9. The second kappa shape index (κ2) is 4.35. The van der Waals surface area contributed by atoms with Crippen molar-refractivity contribution < 1.29 is 18.8 Å². The largest absolute Gasteiger partial charge is 0.465 e. The molecule has 1 aromatic rings. The highest BCUT2D eigenvalue weighted by molar-refractivity contribution is 9.10. The molecule has 5 nitrogen and oxygen atoms in total. The Morgan fingerprint density at radius 1 is 1.60 bits per heavy atom. The maximum Gasteiger partial charge on any atom is 0.345 e. The average Bonchev–Trinajstić information content (AvgIpc) is 2.20. The number of methoxy groups -OCH3 is 1. The third kappa shape index (κ3) is 2.12. The number of nitro benzene ring substituents is 1. The van der Waals surface area contributed by atoms with E-state index in [-0.39, 0.29) is 4.47 Å². The Kier molecular flexibility index (Phi) is 3.35. The van der Waals surface area contributed by atoms with Crippen LogP contribution in [0.4, 0.5) is 10.1 Å². The van der Waals surface area contributed by atoms with E-state index >= 15 is 0 Å². The maximum atomic E-state index is 13.3. The smallest absolute Gasteiger partial charge is 0.345 e. The lowest BCUT2D eigenvalue weighted by molar-refractivity contribution is -0.388. The molecule has 0 amide bonds. The van der Waals surface area contributed by atoms with E-state index in [1.54, 1.807) is 0 Å². The Bertz CT molecular complexity index is 435. The van der Waals surface area contributed by atoms with Crippen molar-refractivity contribution in [2.75, 3.05) is 7.11 Å². The minimum Gasteiger partial charge on any atom is -0.465 e. The van der Waals surface area contributed by atoms with Crippen molar-refractivity contribution >= 4 is 27.6 Å². The van der Waals surface area contributed by atoms with Crippen molar-refractivity contribution in [1.82, 2.24) is 0 Å². The molecule has 0 aliphatic heterocycles. The molecule has 15 heavy (non-hydrogen) atoms. The number of hydrogen-bond acceptors (Lipinski definition) is 4. The zero-order chi connectivity index (χ0) is 11.6. The summed E-state index contributed by atoms with van der Waals surface area (Å²) in [6, 6.07) is 2.33. The van der Waals surface area contributed by atoms with Crippen LogP contribution in [-0.2, 0) is 4.74 Å². The maximum absolute atomic E-state index is 13.3. The molecule has 0 fully saturated rings. The summed E-state index contributed by atoms with van der Waals surface area (Å²) >= 11 is 2.79. The quantitative estimate of drug-likeness (QED) is 0.472. The van der Waals surface area contributed by atoms with Crippen molar-refractivity contribution in [2.24, 2.45) is 0 Å². The van der Waals surface area contributed by atoms with E-state index in [2.05, 4.69) is 20.7 Å². The van der Waals surface area contributed by atoms with Crippen LogP contribution in [0.1, 0.15) is 10.4 Å². The fourth-order valence-corrected chi connectivity index (χ4v) is 1.31. The van der Waals surface area contributed by atoms with Crippen LogP contribution in [0.2, 0.25) is 0 Å². The van der Waals surface area contributed by atoms with Crippen LogP contribution < -0.4 is 0 Å². The summed E-state index contributed by atoms with van der Waals surface area (Å²) in [5.41, 5.74) is -1.31. The van der Waals surface area contributed by atoms with Gasteiger partial charge in [-0.15, -0.1) is 0 Å². The molecule has 1 aromatic carbocycles. The fourth-order valence-electron chi connectivity index (χ4n) is 0.993. The average molecular weight is 278 g/mol. The van der Waals surface area contributed by atoms with Crippen LogP contribution in [0.15, 0.2) is 16.6 Å². The van der Waals surface area contributed by atoms with Crippen molar-refractivity contribution in [3.63, 3.8) is 0 Å². The summed E-state index contributed by atoms with van der Waals surface area (Å²) in [5, 5.41) is 10.6. The number of nitro groups is 1. The molecule has 0 radical (unpaired) electrons. The van der Waals surface area contributed by atoms with Gasteiger partial charge in [-0.05, 0) is 28.1 Å². The lowest BCUT2D eigenvalue weighted by atomic mass is 10.2. The van der Waals surface area contributed by atoms with Gasteiger partial charge >= 0.3 is 11.7 Å². The van der Waals surface area contributed by atoms with E-state index in [4.69, 9.17) is 0 Å². The number of ether oxygens (including phenoxy) is 1. The molecule has 0 aromatic heterocycles. The molecule has 0 bridgehead atoms. The second-order valence-corrected chi connectivity index (χ2v) is 3.36. The first-order chi connectivity index (χ1) is 6.99. The fraction of sp³-hybridized carbons (Fsp3) is 0.125. The van der Waals surface area contributed by atoms with E-state index in [0.29, 0.717) is 0 Å². The van der Waals surface area contributed by atoms with Crippen molar-refractivity contribution in [1.29, 1.82) is 0 Å². The third-order valence-electron chi connectivity index (χ3n) is 1.66. The van der Waals surface area contributed by atoms with E-state index in [1.165, 1.54) is 6.07 Å². The van der Waals surface area contributed by atoms with E-state index in [0.717, 1.165) is 13.2 Å². The lowest BCUT2D eigenvalue weighted by Crippen LogP contribution is -2.07. The Hall–Kier alpha value is -1.50. The molecule has 80 valence electrons. The molecule has 7 heteroatoms. The highest BCUT2D eigenvalue weighted by Crippen LogP contribution is 2.29. The molecule has 0 aliphatic carbocycles. The van der Waals surface area contributed by atoms with Gasteiger partial charge in [-0.2, -0.15) is 4.39 Å². The first-order valence-corrected chi connectivity index (χ1v) is 4.49. The van der Waals surface area contributed by atoms with Gasteiger partial charge in [-0.3, -0.25) is 10.1 Å². The molecule has 0 saturated heterocycles. The number of esters is 1. The number of carbonyl (C=O) groups is 1. The molecule has 0 unspecified atom stereocenters. The van der Waals surface area contributed by atoms with Crippen molar-refractivity contribution in [3.05, 3.63) is 38.1 Å². The predicted molar refractivity (Wildman–Crippen MR) is 52.1 cm³/mol. The standard InChI is InChI=1S/C8H5BrFNO4/c1-15-8(12)4-2-3-5(9)6(10)7(4)11(13)14/h2-3H,1H3. The van der Waals surface area contributed by atoms with E-state index in [9.17, 15) is 19.3 Å². The summed E-state index contributed by atoms with van der Waals surface area (Å²) in [7, 11) is 1.06. The van der Waals surface area contributed by atoms with Gasteiger partial charge in [0.25, 0.3) is 0 Å². The second-order valence-electron chi connectivity index (χ2n) is 2.51. The molecule has 0 spiro atoms. The van der Waals surface area contributed by atoms with Gasteiger partial charge in [0.2, 0.25) is 5.82 Å². The topological polar surface area (TPSA) is 69.4 Å². The monoisotopic (exact) mass is 277 g/mol. The van der Waals surface area contributed by atoms with Gasteiger partial charge in [-0.25, -0.2) is 4.79 Å². The number of carbonyl (C=O) groups excluding carboxylic acids is 1. The minimum atomic E-state index is -1.09. The summed E-state index contributed by atoms with van der Waals surface area (Å²) in [6.07, 6.45) is 0. The summed E-state index contributed by atoms with van der Waals surface area (Å²) in [6.45, 7) is 0. The molecular formula is C8H5BrFNO4. The van der Waals surface area contributed by atoms with Crippen LogP contribution in [-0.4, -0.2) is 18.0 Å². The Morgan fingerprint density at radius 2 is 2.20 bits per heavy atom. The zero-order valence-corrected chi connectivity index (χ0v) is 9.08. The third-order valence-corrected chi connectivity index (χ3v) is 2.27. The SMILES string of the molecule is COC(=O)c1ccc(Br)c(F)c1[N+](=O)[O-]. The molecule has 1 rings (SSSR count). The van der Waals surface area contributed by atoms with Crippen molar-refractivity contribution in [3.8, 4) is 0 Å². The zero-order valence-electron chi connectivity index (χ0n) is 7.49. The summed E-state index contributed by atoms with van der Waals surface area (Å²) < 4.78 is 17.5. The summed E-state index contributed by atoms with van der Waals surface area (Å²) in [5.74, 6) is -2.05. The molecule has 0 N–H and O–H groups in total.